The fourth-order valence-corrected chi connectivity index (χ4v) is 2.83. The number of hydrogen-bond donors (Lipinski definition) is 2. The summed E-state index contributed by atoms with van der Waals surface area (Å²) in [5.74, 6) is 1.35. The molecule has 3 rings (SSSR count). The van der Waals surface area contributed by atoms with Crippen LogP contribution >= 0.6 is 0 Å². The fraction of sp³-hybridized carbons (Fsp3) is 0.143. The van der Waals surface area contributed by atoms with Gasteiger partial charge in [0.1, 0.15) is 17.2 Å². The Labute approximate surface area is 141 Å². The van der Waals surface area contributed by atoms with Crippen molar-refractivity contribution >= 4 is 0 Å². The van der Waals surface area contributed by atoms with Gasteiger partial charge in [0, 0.05) is 5.92 Å². The zero-order valence-electron chi connectivity index (χ0n) is 13.5. The third kappa shape index (κ3) is 3.51. The molecule has 0 unspecified atom stereocenters. The van der Waals surface area contributed by atoms with Crippen molar-refractivity contribution in [3.63, 3.8) is 0 Å². The maximum atomic E-state index is 9.56. The van der Waals surface area contributed by atoms with Gasteiger partial charge in [-0.2, -0.15) is 0 Å². The van der Waals surface area contributed by atoms with Crippen LogP contribution in [0.3, 0.4) is 0 Å². The first-order chi connectivity index (χ1) is 11.7. The van der Waals surface area contributed by atoms with E-state index < -0.39 is 0 Å². The van der Waals surface area contributed by atoms with Gasteiger partial charge in [0.15, 0.2) is 0 Å². The Morgan fingerprint density at radius 2 is 1.04 bits per heavy atom. The van der Waals surface area contributed by atoms with Gasteiger partial charge in [0.05, 0.1) is 6.61 Å². The van der Waals surface area contributed by atoms with Gasteiger partial charge in [-0.15, -0.1) is 0 Å². The van der Waals surface area contributed by atoms with E-state index in [1.54, 1.807) is 24.3 Å². The number of hydrogen-bond acceptors (Lipinski definition) is 3. The Kier molecular flexibility index (Phi) is 4.71. The molecule has 0 amide bonds. The molecule has 2 N–H and O–H groups in total. The molecule has 3 nitrogen and oxygen atoms in total. The van der Waals surface area contributed by atoms with Gasteiger partial charge in [0.25, 0.3) is 0 Å². The normalized spacial score (nSPS) is 10.8. The molecule has 0 bridgehead atoms. The van der Waals surface area contributed by atoms with E-state index in [1.165, 1.54) is 0 Å². The fourth-order valence-electron chi connectivity index (χ4n) is 2.83. The molecule has 0 aliphatic carbocycles. The van der Waals surface area contributed by atoms with Gasteiger partial charge in [-0.25, -0.2) is 0 Å². The highest BCUT2D eigenvalue weighted by Crippen LogP contribution is 2.34. The summed E-state index contributed by atoms with van der Waals surface area (Å²) in [6.45, 7) is 2.60. The monoisotopic (exact) mass is 320 g/mol. The van der Waals surface area contributed by atoms with E-state index in [0.717, 1.165) is 22.4 Å². The first kappa shape index (κ1) is 15.9. The van der Waals surface area contributed by atoms with E-state index in [0.29, 0.717) is 6.61 Å². The lowest BCUT2D eigenvalue weighted by molar-refractivity contribution is 0.340. The number of ether oxygens (including phenoxy) is 1. The largest absolute Gasteiger partial charge is 0.508 e. The average molecular weight is 320 g/mol. The summed E-state index contributed by atoms with van der Waals surface area (Å²) in [7, 11) is 0. The van der Waals surface area contributed by atoms with Crippen LogP contribution in [0.15, 0.2) is 72.8 Å². The topological polar surface area (TPSA) is 49.7 Å². The molecule has 0 saturated heterocycles. The molecule has 0 saturated carbocycles. The van der Waals surface area contributed by atoms with E-state index in [9.17, 15) is 10.2 Å². The second kappa shape index (κ2) is 7.09. The molecule has 3 heteroatoms. The second-order valence-corrected chi connectivity index (χ2v) is 5.62. The summed E-state index contributed by atoms with van der Waals surface area (Å²) < 4.78 is 5.52. The Bertz CT molecular complexity index is 729. The summed E-state index contributed by atoms with van der Waals surface area (Å²) in [5, 5.41) is 19.1. The van der Waals surface area contributed by atoms with Crippen LogP contribution in [-0.4, -0.2) is 16.8 Å². The summed E-state index contributed by atoms with van der Waals surface area (Å²) in [5.41, 5.74) is 3.26. The minimum absolute atomic E-state index is 0.0156. The molecule has 0 aliphatic rings. The summed E-state index contributed by atoms with van der Waals surface area (Å²) in [4.78, 5) is 0. The predicted molar refractivity (Wildman–Crippen MR) is 94.8 cm³/mol. The summed E-state index contributed by atoms with van der Waals surface area (Å²) in [6, 6.07) is 22.5. The van der Waals surface area contributed by atoms with Gasteiger partial charge in [0.2, 0.25) is 0 Å². The molecule has 0 fully saturated rings. The molecule has 0 radical (unpaired) electrons. The van der Waals surface area contributed by atoms with Crippen molar-refractivity contribution in [1.82, 2.24) is 0 Å². The zero-order valence-corrected chi connectivity index (χ0v) is 13.5. The summed E-state index contributed by atoms with van der Waals surface area (Å²) >= 11 is 0. The lowest BCUT2D eigenvalue weighted by Gasteiger charge is -2.19. The molecule has 0 atom stereocenters. The molecular weight excluding hydrogens is 300 g/mol. The van der Waals surface area contributed by atoms with E-state index in [4.69, 9.17) is 4.74 Å². The van der Waals surface area contributed by atoms with Crippen molar-refractivity contribution in [2.75, 3.05) is 6.61 Å². The number of aromatic hydroxyl groups is 2. The zero-order chi connectivity index (χ0) is 16.9. The number of rotatable bonds is 5. The quantitative estimate of drug-likeness (QED) is 0.671. The number of phenolic OH excluding ortho intramolecular Hbond substituents is 2. The van der Waals surface area contributed by atoms with Crippen LogP contribution < -0.4 is 4.74 Å². The smallest absolute Gasteiger partial charge is 0.119 e. The van der Waals surface area contributed by atoms with Gasteiger partial charge in [-0.3, -0.25) is 0 Å². The van der Waals surface area contributed by atoms with E-state index in [-0.39, 0.29) is 17.4 Å². The summed E-state index contributed by atoms with van der Waals surface area (Å²) in [6.07, 6.45) is 0. The molecule has 3 aromatic rings. The van der Waals surface area contributed by atoms with Crippen LogP contribution in [0.4, 0.5) is 0 Å². The van der Waals surface area contributed by atoms with Crippen molar-refractivity contribution in [3.8, 4) is 17.2 Å². The molecule has 0 aromatic heterocycles. The van der Waals surface area contributed by atoms with Crippen LogP contribution in [0.25, 0.3) is 0 Å². The third-order valence-corrected chi connectivity index (χ3v) is 3.98. The van der Waals surface area contributed by atoms with Crippen LogP contribution in [0.2, 0.25) is 0 Å². The Hall–Kier alpha value is -2.94. The molecule has 0 heterocycles. The maximum Gasteiger partial charge on any atom is 0.119 e. The average Bonchev–Trinajstić information content (AvgIpc) is 2.60. The Morgan fingerprint density at radius 1 is 0.667 bits per heavy atom. The van der Waals surface area contributed by atoms with E-state index in [1.807, 2.05) is 43.3 Å². The third-order valence-electron chi connectivity index (χ3n) is 3.98. The predicted octanol–water partition coefficient (Wildman–Crippen LogP) is 4.68. The van der Waals surface area contributed by atoms with Crippen LogP contribution in [0.5, 0.6) is 17.2 Å². The second-order valence-electron chi connectivity index (χ2n) is 5.62. The molecule has 0 aliphatic heterocycles. The van der Waals surface area contributed by atoms with Crippen molar-refractivity contribution in [1.29, 1.82) is 0 Å². The highest BCUT2D eigenvalue weighted by molar-refractivity contribution is 5.46. The molecule has 0 spiro atoms. The van der Waals surface area contributed by atoms with Crippen molar-refractivity contribution in [2.45, 2.75) is 12.8 Å². The van der Waals surface area contributed by atoms with Gasteiger partial charge >= 0.3 is 0 Å². The van der Waals surface area contributed by atoms with E-state index in [2.05, 4.69) is 12.1 Å². The van der Waals surface area contributed by atoms with Gasteiger partial charge in [-0.1, -0.05) is 36.4 Å². The van der Waals surface area contributed by atoms with Crippen molar-refractivity contribution in [3.05, 3.63) is 89.5 Å². The first-order valence-electron chi connectivity index (χ1n) is 7.98. The molecule has 24 heavy (non-hydrogen) atoms. The Balaban J connectivity index is 2.04. The minimum atomic E-state index is 0.0156. The minimum Gasteiger partial charge on any atom is -0.508 e. The first-order valence-corrected chi connectivity index (χ1v) is 7.98. The lowest BCUT2D eigenvalue weighted by atomic mass is 9.85. The molecular formula is C21H20O3. The van der Waals surface area contributed by atoms with Crippen LogP contribution in [0, 0.1) is 0 Å². The van der Waals surface area contributed by atoms with E-state index >= 15 is 0 Å². The SMILES string of the molecule is CCOc1ccc(C(c2ccc(O)cc2)c2ccc(O)cc2)cc1. The Morgan fingerprint density at radius 3 is 1.42 bits per heavy atom. The molecule has 122 valence electrons. The number of phenols is 2. The highest BCUT2D eigenvalue weighted by atomic mass is 16.5. The maximum absolute atomic E-state index is 9.56. The van der Waals surface area contributed by atoms with Gasteiger partial charge < -0.3 is 14.9 Å². The van der Waals surface area contributed by atoms with Crippen LogP contribution in [-0.2, 0) is 0 Å². The highest BCUT2D eigenvalue weighted by Gasteiger charge is 2.17. The standard InChI is InChI=1S/C21H20O3/c1-2-24-20-13-7-17(8-14-20)21(15-3-9-18(22)10-4-15)16-5-11-19(23)12-6-16/h3-14,21-23H,2H2,1H3. The van der Waals surface area contributed by atoms with Gasteiger partial charge in [-0.05, 0) is 60.0 Å². The van der Waals surface area contributed by atoms with Crippen LogP contribution in [0.1, 0.15) is 29.5 Å². The lowest BCUT2D eigenvalue weighted by Crippen LogP contribution is -2.03. The number of benzene rings is 3. The van der Waals surface area contributed by atoms with Crippen molar-refractivity contribution < 1.29 is 14.9 Å². The van der Waals surface area contributed by atoms with Crippen molar-refractivity contribution in [2.24, 2.45) is 0 Å². The molecule has 3 aromatic carbocycles.